The number of nitrogens with zero attached hydrogens (tertiary/aromatic N) is 2. The Bertz CT molecular complexity index is 1030. The lowest BCUT2D eigenvalue weighted by Crippen LogP contribution is -2.16. The van der Waals surface area contributed by atoms with E-state index >= 15 is 0 Å². The third-order valence-electron chi connectivity index (χ3n) is 3.47. The fourth-order valence-corrected chi connectivity index (χ4v) is 3.37. The van der Waals surface area contributed by atoms with E-state index in [2.05, 4.69) is 5.32 Å². The number of carbonyl (C=O) groups excluding carboxylic acids is 2. The van der Waals surface area contributed by atoms with Gasteiger partial charge in [0.25, 0.3) is 16.8 Å². The summed E-state index contributed by atoms with van der Waals surface area (Å²) < 4.78 is 23.5. The van der Waals surface area contributed by atoms with Crippen LogP contribution >= 0.6 is 11.8 Å². The summed E-state index contributed by atoms with van der Waals surface area (Å²) in [6, 6.07) is 9.39. The highest BCUT2D eigenvalue weighted by Gasteiger charge is 2.19. The zero-order valence-electron chi connectivity index (χ0n) is 15.2. The van der Waals surface area contributed by atoms with Crippen LogP contribution in [0, 0.1) is 10.1 Å². The van der Waals surface area contributed by atoms with Crippen molar-refractivity contribution in [2.45, 2.75) is 9.79 Å². The number of hydrogen-bond donors (Lipinski definition) is 1. The van der Waals surface area contributed by atoms with Gasteiger partial charge in [0.15, 0.2) is 9.84 Å². The van der Waals surface area contributed by atoms with Crippen molar-refractivity contribution in [1.29, 1.82) is 0 Å². The Kier molecular flexibility index (Phi) is 6.41. The minimum atomic E-state index is -3.74. The van der Waals surface area contributed by atoms with Crippen LogP contribution in [0.25, 0.3) is 0 Å². The van der Waals surface area contributed by atoms with Crippen LogP contribution in [-0.2, 0) is 9.84 Å². The van der Waals surface area contributed by atoms with Crippen LogP contribution < -0.4 is 5.32 Å². The van der Waals surface area contributed by atoms with E-state index in [1.165, 1.54) is 4.90 Å². The Morgan fingerprint density at radius 1 is 1.11 bits per heavy atom. The molecule has 148 valence electrons. The molecule has 2 amide bonds. The molecule has 2 aromatic rings. The van der Waals surface area contributed by atoms with Crippen LogP contribution in [0.1, 0.15) is 10.4 Å². The summed E-state index contributed by atoms with van der Waals surface area (Å²) in [5.74, 6) is -0.696. The second kappa shape index (κ2) is 8.40. The number of anilines is 1. The van der Waals surface area contributed by atoms with Crippen LogP contribution in [0.15, 0.2) is 52.3 Å². The fourth-order valence-electron chi connectivity index (χ4n) is 2.04. The largest absolute Gasteiger partial charge is 0.339 e. The van der Waals surface area contributed by atoms with Gasteiger partial charge in [-0.2, -0.15) is 0 Å². The number of sulfone groups is 1. The Morgan fingerprint density at radius 2 is 1.71 bits per heavy atom. The minimum absolute atomic E-state index is 0.151. The van der Waals surface area contributed by atoms with Crippen molar-refractivity contribution < 1.29 is 22.9 Å². The number of nitrogens with one attached hydrogen (secondary N) is 1. The molecule has 0 saturated heterocycles. The summed E-state index contributed by atoms with van der Waals surface area (Å²) in [4.78, 5) is 36.2. The smallest absolute Gasteiger partial charge is 0.285 e. The van der Waals surface area contributed by atoms with Gasteiger partial charge in [-0.25, -0.2) is 8.42 Å². The first kappa shape index (κ1) is 21.4. The van der Waals surface area contributed by atoms with E-state index in [1.54, 1.807) is 38.4 Å². The maximum atomic E-state index is 12.4. The third kappa shape index (κ3) is 5.54. The number of nitro benzene ring substituents is 1. The molecule has 28 heavy (non-hydrogen) atoms. The molecular formula is C17H17N3O6S2. The average Bonchev–Trinajstić information content (AvgIpc) is 2.62. The van der Waals surface area contributed by atoms with Crippen LogP contribution in [0.4, 0.5) is 16.2 Å². The first-order chi connectivity index (χ1) is 13.0. The molecule has 0 aliphatic carbocycles. The number of rotatable bonds is 5. The van der Waals surface area contributed by atoms with Gasteiger partial charge in [0.05, 0.1) is 9.82 Å². The quantitative estimate of drug-likeness (QED) is 0.445. The maximum absolute atomic E-state index is 12.4. The summed E-state index contributed by atoms with van der Waals surface area (Å²) in [6.45, 7) is 0. The van der Waals surface area contributed by atoms with E-state index in [9.17, 15) is 28.1 Å². The van der Waals surface area contributed by atoms with Gasteiger partial charge >= 0.3 is 0 Å². The molecule has 2 rings (SSSR count). The molecule has 0 heterocycles. The number of hydrogen-bond acceptors (Lipinski definition) is 7. The molecule has 1 N–H and O–H groups in total. The van der Waals surface area contributed by atoms with Crippen molar-refractivity contribution in [2.75, 3.05) is 25.7 Å². The second-order valence-corrected chi connectivity index (χ2v) is 9.03. The number of thioether (sulfide) groups is 1. The van der Waals surface area contributed by atoms with Crippen molar-refractivity contribution in [1.82, 2.24) is 4.90 Å². The topological polar surface area (TPSA) is 127 Å². The molecule has 0 saturated carbocycles. The minimum Gasteiger partial charge on any atom is -0.339 e. The Morgan fingerprint density at radius 3 is 2.21 bits per heavy atom. The predicted molar refractivity (Wildman–Crippen MR) is 106 cm³/mol. The summed E-state index contributed by atoms with van der Waals surface area (Å²) in [7, 11) is -0.470. The van der Waals surface area contributed by atoms with Gasteiger partial charge in [-0.15, -0.1) is 0 Å². The van der Waals surface area contributed by atoms with E-state index in [4.69, 9.17) is 0 Å². The van der Waals surface area contributed by atoms with E-state index in [1.807, 2.05) is 0 Å². The Balaban J connectivity index is 2.24. The first-order valence-electron chi connectivity index (χ1n) is 7.77. The number of carbonyl (C=O) groups is 2. The first-order valence-corrected chi connectivity index (χ1v) is 10.5. The molecule has 0 unspecified atom stereocenters. The molecule has 0 aliphatic rings. The van der Waals surface area contributed by atoms with E-state index in [0.717, 1.165) is 36.2 Å². The van der Waals surface area contributed by atoms with E-state index in [-0.39, 0.29) is 15.7 Å². The Hall–Kier alpha value is -2.92. The lowest BCUT2D eigenvalue weighted by molar-refractivity contribution is -0.385. The normalized spacial score (nSPS) is 11.0. The van der Waals surface area contributed by atoms with Crippen molar-refractivity contribution in [3.63, 3.8) is 0 Å². The molecule has 0 radical (unpaired) electrons. The molecule has 11 heteroatoms. The number of nitro groups is 1. The molecule has 0 atom stereocenters. The predicted octanol–water partition coefficient (Wildman–Crippen LogP) is 3.02. The zero-order valence-corrected chi connectivity index (χ0v) is 16.8. The van der Waals surface area contributed by atoms with Gasteiger partial charge in [-0.1, -0.05) is 0 Å². The third-order valence-corrected chi connectivity index (χ3v) is 5.61. The van der Waals surface area contributed by atoms with E-state index < -0.39 is 26.4 Å². The second-order valence-electron chi connectivity index (χ2n) is 5.99. The fraction of sp³-hybridized carbons (Fsp3) is 0.176. The molecule has 0 aromatic heterocycles. The van der Waals surface area contributed by atoms with Gasteiger partial charge in [0.1, 0.15) is 0 Å². The number of benzene rings is 2. The van der Waals surface area contributed by atoms with Gasteiger partial charge in [-0.3, -0.25) is 19.7 Å². The molecule has 0 aliphatic heterocycles. The summed E-state index contributed by atoms with van der Waals surface area (Å²) >= 11 is 1.02. The average molecular weight is 423 g/mol. The van der Waals surface area contributed by atoms with Gasteiger partial charge in [-0.05, 0) is 42.1 Å². The zero-order chi connectivity index (χ0) is 21.1. The molecule has 0 fully saturated rings. The van der Waals surface area contributed by atoms with Crippen molar-refractivity contribution in [3.05, 3.63) is 58.1 Å². The van der Waals surface area contributed by atoms with Crippen LogP contribution in [0.3, 0.4) is 0 Å². The molecular weight excluding hydrogens is 406 g/mol. The molecule has 0 spiro atoms. The van der Waals surface area contributed by atoms with Crippen molar-refractivity contribution in [2.24, 2.45) is 0 Å². The highest BCUT2D eigenvalue weighted by molar-refractivity contribution is 8.13. The summed E-state index contributed by atoms with van der Waals surface area (Å²) in [6.07, 6.45) is 0.902. The molecule has 0 bridgehead atoms. The standard InChI is InChI=1S/C17H17N3O6S2/c1-19(2)17(22)27-14-6-4-12(5-7-14)18-16(21)11-8-13(20(23)24)10-15(9-11)28(3,25)26/h4-10H,1-3H3,(H,18,21). The van der Waals surface area contributed by atoms with Crippen molar-refractivity contribution >= 4 is 44.1 Å². The summed E-state index contributed by atoms with van der Waals surface area (Å²) in [5.41, 5.74) is -0.267. The number of non-ortho nitro benzene ring substituents is 1. The number of amides is 2. The van der Waals surface area contributed by atoms with Crippen LogP contribution in [0.5, 0.6) is 0 Å². The van der Waals surface area contributed by atoms with Gasteiger partial charge in [0.2, 0.25) is 0 Å². The van der Waals surface area contributed by atoms with Crippen molar-refractivity contribution in [3.8, 4) is 0 Å². The van der Waals surface area contributed by atoms with Gasteiger partial charge in [0, 0.05) is 48.6 Å². The Labute approximate surface area is 165 Å². The lowest BCUT2D eigenvalue weighted by Gasteiger charge is -2.10. The molecule has 2 aromatic carbocycles. The highest BCUT2D eigenvalue weighted by atomic mass is 32.2. The monoisotopic (exact) mass is 423 g/mol. The van der Waals surface area contributed by atoms with Crippen LogP contribution in [0.2, 0.25) is 0 Å². The molecule has 9 nitrogen and oxygen atoms in total. The lowest BCUT2D eigenvalue weighted by atomic mass is 10.2. The van der Waals surface area contributed by atoms with Gasteiger partial charge < -0.3 is 10.2 Å². The van der Waals surface area contributed by atoms with Crippen LogP contribution in [-0.4, -0.2) is 49.7 Å². The highest BCUT2D eigenvalue weighted by Crippen LogP contribution is 2.24. The van der Waals surface area contributed by atoms with E-state index in [0.29, 0.717) is 10.6 Å². The maximum Gasteiger partial charge on any atom is 0.285 e. The SMILES string of the molecule is CN(C)C(=O)Sc1ccc(NC(=O)c2cc([N+](=O)[O-])cc(S(C)(=O)=O)c2)cc1. The summed E-state index contributed by atoms with van der Waals surface area (Å²) in [5, 5.41) is 13.4.